The zero-order valence-electron chi connectivity index (χ0n) is 13.4. The van der Waals surface area contributed by atoms with Gasteiger partial charge in [0, 0.05) is 0 Å². The van der Waals surface area contributed by atoms with Gasteiger partial charge in [-0.3, -0.25) is 4.79 Å². The maximum absolute atomic E-state index is 12.3. The van der Waals surface area contributed by atoms with E-state index in [4.69, 9.17) is 21.1 Å². The lowest BCUT2D eigenvalue weighted by atomic mass is 10.1. The number of para-hydroxylation sites is 2. The van der Waals surface area contributed by atoms with Crippen LogP contribution in [0, 0.1) is 0 Å². The molecular formula is C18H18ClNO4. The molecule has 0 bridgehead atoms. The Morgan fingerprint density at radius 2 is 1.79 bits per heavy atom. The summed E-state index contributed by atoms with van der Waals surface area (Å²) < 4.78 is 10.5. The van der Waals surface area contributed by atoms with Crippen LogP contribution >= 0.6 is 11.6 Å². The number of amides is 1. The van der Waals surface area contributed by atoms with Crippen molar-refractivity contribution in [2.24, 2.45) is 0 Å². The van der Waals surface area contributed by atoms with Crippen molar-refractivity contribution in [3.05, 3.63) is 59.1 Å². The summed E-state index contributed by atoms with van der Waals surface area (Å²) >= 11 is 6.02. The van der Waals surface area contributed by atoms with Crippen LogP contribution in [0.5, 0.6) is 5.75 Å². The van der Waals surface area contributed by atoms with Crippen LogP contribution in [0.25, 0.3) is 0 Å². The Bertz CT molecular complexity index is 732. The molecule has 0 saturated heterocycles. The first-order valence-electron chi connectivity index (χ1n) is 7.51. The van der Waals surface area contributed by atoms with Crippen molar-refractivity contribution in [2.75, 3.05) is 11.9 Å². The van der Waals surface area contributed by atoms with Crippen molar-refractivity contribution in [3.63, 3.8) is 0 Å². The minimum Gasteiger partial charge on any atom is -0.479 e. The highest BCUT2D eigenvalue weighted by atomic mass is 35.5. The van der Waals surface area contributed by atoms with Gasteiger partial charge in [-0.1, -0.05) is 35.9 Å². The number of carbonyl (C=O) groups is 2. The van der Waals surface area contributed by atoms with E-state index in [-0.39, 0.29) is 12.2 Å². The van der Waals surface area contributed by atoms with Crippen LogP contribution in [0.2, 0.25) is 5.02 Å². The molecule has 0 aliphatic rings. The van der Waals surface area contributed by atoms with Crippen LogP contribution in [0.3, 0.4) is 0 Å². The third-order valence-corrected chi connectivity index (χ3v) is 3.50. The number of hydrogen-bond acceptors (Lipinski definition) is 4. The standard InChI is InChI=1S/C18H18ClNO4/c1-3-23-18(22)13-8-4-6-10-15(13)20-17(21)12(2)24-16-11-7-5-9-14(16)19/h4-12H,3H2,1-2H3,(H,20,21). The second kappa shape index (κ2) is 8.36. The molecule has 6 heteroatoms. The molecule has 1 N–H and O–H groups in total. The van der Waals surface area contributed by atoms with Gasteiger partial charge in [0.1, 0.15) is 5.75 Å². The summed E-state index contributed by atoms with van der Waals surface area (Å²) in [6.45, 7) is 3.58. The van der Waals surface area contributed by atoms with E-state index in [1.807, 2.05) is 0 Å². The average molecular weight is 348 g/mol. The molecule has 0 radical (unpaired) electrons. The average Bonchev–Trinajstić information content (AvgIpc) is 2.57. The van der Waals surface area contributed by atoms with Gasteiger partial charge in [0.2, 0.25) is 0 Å². The molecule has 1 amide bonds. The summed E-state index contributed by atoms with van der Waals surface area (Å²) in [4.78, 5) is 24.3. The Balaban J connectivity index is 2.09. The molecule has 2 aromatic rings. The minimum absolute atomic E-state index is 0.257. The molecule has 24 heavy (non-hydrogen) atoms. The van der Waals surface area contributed by atoms with Crippen LogP contribution in [0.1, 0.15) is 24.2 Å². The molecule has 0 spiro atoms. The number of ether oxygens (including phenoxy) is 2. The molecule has 0 saturated carbocycles. The molecule has 5 nitrogen and oxygen atoms in total. The van der Waals surface area contributed by atoms with Gasteiger partial charge in [-0.2, -0.15) is 0 Å². The molecule has 1 unspecified atom stereocenters. The lowest BCUT2D eigenvalue weighted by Crippen LogP contribution is -2.30. The number of anilines is 1. The smallest absolute Gasteiger partial charge is 0.340 e. The van der Waals surface area contributed by atoms with E-state index in [1.165, 1.54) is 0 Å². The highest BCUT2D eigenvalue weighted by molar-refractivity contribution is 6.32. The highest BCUT2D eigenvalue weighted by Gasteiger charge is 2.19. The number of benzene rings is 2. The summed E-state index contributed by atoms with van der Waals surface area (Å²) in [5.74, 6) is -0.472. The lowest BCUT2D eigenvalue weighted by molar-refractivity contribution is -0.122. The van der Waals surface area contributed by atoms with Crippen molar-refractivity contribution in [2.45, 2.75) is 20.0 Å². The lowest BCUT2D eigenvalue weighted by Gasteiger charge is -2.16. The maximum Gasteiger partial charge on any atom is 0.340 e. The molecule has 126 valence electrons. The van der Waals surface area contributed by atoms with Gasteiger partial charge in [-0.05, 0) is 38.1 Å². The molecule has 0 aromatic heterocycles. The van der Waals surface area contributed by atoms with E-state index < -0.39 is 18.0 Å². The molecule has 0 fully saturated rings. The van der Waals surface area contributed by atoms with Gasteiger partial charge in [0.15, 0.2) is 6.10 Å². The van der Waals surface area contributed by atoms with Crippen LogP contribution < -0.4 is 10.1 Å². The number of nitrogens with one attached hydrogen (secondary N) is 1. The molecule has 2 rings (SSSR count). The van der Waals surface area contributed by atoms with Crippen molar-refractivity contribution in [3.8, 4) is 5.75 Å². The molecule has 1 atom stereocenters. The number of carbonyl (C=O) groups excluding carboxylic acids is 2. The van der Waals surface area contributed by atoms with Gasteiger partial charge >= 0.3 is 5.97 Å². The van der Waals surface area contributed by atoms with Gasteiger partial charge in [0.05, 0.1) is 22.9 Å². The maximum atomic E-state index is 12.3. The van der Waals surface area contributed by atoms with Gasteiger partial charge < -0.3 is 14.8 Å². The molecule has 0 aliphatic heterocycles. The van der Waals surface area contributed by atoms with Gasteiger partial charge in [0.25, 0.3) is 5.91 Å². The molecule has 2 aromatic carbocycles. The number of rotatable bonds is 6. The fourth-order valence-corrected chi connectivity index (χ4v) is 2.18. The first kappa shape index (κ1) is 17.8. The summed E-state index contributed by atoms with van der Waals surface area (Å²) in [5.41, 5.74) is 0.660. The SMILES string of the molecule is CCOC(=O)c1ccccc1NC(=O)C(C)Oc1ccccc1Cl. The fourth-order valence-electron chi connectivity index (χ4n) is 2.00. The quantitative estimate of drug-likeness (QED) is 0.804. The summed E-state index contributed by atoms with van der Waals surface area (Å²) in [6.07, 6.45) is -0.792. The predicted octanol–water partition coefficient (Wildman–Crippen LogP) is 3.92. The van der Waals surface area contributed by atoms with E-state index in [0.29, 0.717) is 16.5 Å². The third kappa shape index (κ3) is 4.49. The van der Waals surface area contributed by atoms with Crippen molar-refractivity contribution < 1.29 is 19.1 Å². The van der Waals surface area contributed by atoms with E-state index in [0.717, 1.165) is 0 Å². The van der Waals surface area contributed by atoms with E-state index in [2.05, 4.69) is 5.32 Å². The number of halogens is 1. The summed E-state index contributed by atoms with van der Waals surface area (Å²) in [5, 5.41) is 3.10. The van der Waals surface area contributed by atoms with Crippen molar-refractivity contribution >= 4 is 29.2 Å². The van der Waals surface area contributed by atoms with Gasteiger partial charge in [-0.25, -0.2) is 4.79 Å². The zero-order chi connectivity index (χ0) is 17.5. The Morgan fingerprint density at radius 1 is 1.12 bits per heavy atom. The highest BCUT2D eigenvalue weighted by Crippen LogP contribution is 2.24. The second-order valence-corrected chi connectivity index (χ2v) is 5.35. The van der Waals surface area contributed by atoms with Crippen molar-refractivity contribution in [1.29, 1.82) is 0 Å². The van der Waals surface area contributed by atoms with Crippen LogP contribution in [-0.4, -0.2) is 24.6 Å². The largest absolute Gasteiger partial charge is 0.479 e. The predicted molar refractivity (Wildman–Crippen MR) is 92.6 cm³/mol. The Hall–Kier alpha value is -2.53. The van der Waals surface area contributed by atoms with Crippen LogP contribution in [0.4, 0.5) is 5.69 Å². The summed E-state index contributed by atoms with van der Waals surface area (Å²) in [6, 6.07) is 13.5. The topological polar surface area (TPSA) is 64.6 Å². The summed E-state index contributed by atoms with van der Waals surface area (Å²) in [7, 11) is 0. The van der Waals surface area contributed by atoms with E-state index in [9.17, 15) is 9.59 Å². The Kier molecular flexibility index (Phi) is 6.21. The monoisotopic (exact) mass is 347 g/mol. The number of esters is 1. The zero-order valence-corrected chi connectivity index (χ0v) is 14.2. The first-order chi connectivity index (χ1) is 11.5. The number of hydrogen-bond donors (Lipinski definition) is 1. The van der Waals surface area contributed by atoms with E-state index in [1.54, 1.807) is 62.4 Å². The van der Waals surface area contributed by atoms with Crippen molar-refractivity contribution in [1.82, 2.24) is 0 Å². The Morgan fingerprint density at radius 3 is 2.50 bits per heavy atom. The van der Waals surface area contributed by atoms with Crippen LogP contribution in [0.15, 0.2) is 48.5 Å². The van der Waals surface area contributed by atoms with E-state index >= 15 is 0 Å². The van der Waals surface area contributed by atoms with Gasteiger partial charge in [-0.15, -0.1) is 0 Å². The molecule has 0 aliphatic carbocycles. The third-order valence-electron chi connectivity index (χ3n) is 3.19. The normalized spacial score (nSPS) is 11.5. The van der Waals surface area contributed by atoms with Crippen LogP contribution in [-0.2, 0) is 9.53 Å². The fraction of sp³-hybridized carbons (Fsp3) is 0.222. The second-order valence-electron chi connectivity index (χ2n) is 4.95. The minimum atomic E-state index is -0.792. The molecular weight excluding hydrogens is 330 g/mol. The Labute approximate surface area is 145 Å². The molecule has 0 heterocycles. The first-order valence-corrected chi connectivity index (χ1v) is 7.89.